The molecule has 0 spiro atoms. The Hall–Kier alpha value is -3.20. The summed E-state index contributed by atoms with van der Waals surface area (Å²) in [5, 5.41) is 5.29. The zero-order valence-electron chi connectivity index (χ0n) is 16.5. The maximum absolute atomic E-state index is 12.4. The number of nitrogens with one attached hydrogen (secondary N) is 2. The van der Waals surface area contributed by atoms with Crippen molar-refractivity contribution in [3.63, 3.8) is 0 Å². The van der Waals surface area contributed by atoms with Crippen molar-refractivity contribution >= 4 is 45.2 Å². The van der Waals surface area contributed by atoms with Crippen LogP contribution in [0.1, 0.15) is 34.1 Å². The standard InChI is InChI=1S/C21H23BrN4O4/c1-2-26(19(28)13-24-21(30)15-4-3-5-16(22)12-15)11-10-18(27)25-17-8-6-14(7-9-17)20(23)29/h3-9,12H,2,10-11,13H2,1H3,(H2,23,29)(H,24,30)(H,25,27). The van der Waals surface area contributed by atoms with E-state index in [9.17, 15) is 19.2 Å². The van der Waals surface area contributed by atoms with Crippen molar-refractivity contribution in [2.75, 3.05) is 25.0 Å². The van der Waals surface area contributed by atoms with Gasteiger partial charge >= 0.3 is 0 Å². The molecule has 4 amide bonds. The predicted octanol–water partition coefficient (Wildman–Crippen LogP) is 2.16. The topological polar surface area (TPSA) is 122 Å². The quantitative estimate of drug-likeness (QED) is 0.515. The van der Waals surface area contributed by atoms with Gasteiger partial charge < -0.3 is 21.3 Å². The Balaban J connectivity index is 1.80. The van der Waals surface area contributed by atoms with Crippen LogP contribution in [0.5, 0.6) is 0 Å². The van der Waals surface area contributed by atoms with Crippen LogP contribution >= 0.6 is 15.9 Å². The summed E-state index contributed by atoms with van der Waals surface area (Å²) in [6.45, 7) is 2.27. The summed E-state index contributed by atoms with van der Waals surface area (Å²) in [7, 11) is 0. The highest BCUT2D eigenvalue weighted by molar-refractivity contribution is 9.10. The van der Waals surface area contributed by atoms with Gasteiger partial charge in [-0.2, -0.15) is 0 Å². The molecular formula is C21H23BrN4O4. The molecule has 0 aliphatic carbocycles. The van der Waals surface area contributed by atoms with Crippen molar-refractivity contribution in [1.29, 1.82) is 0 Å². The fraction of sp³-hybridized carbons (Fsp3) is 0.238. The molecule has 2 aromatic rings. The molecule has 0 atom stereocenters. The summed E-state index contributed by atoms with van der Waals surface area (Å²) in [5.41, 5.74) is 6.50. The number of carbonyl (C=O) groups is 4. The Bertz CT molecular complexity index is 931. The summed E-state index contributed by atoms with van der Waals surface area (Å²) in [4.78, 5) is 49.2. The molecule has 0 fully saturated rings. The summed E-state index contributed by atoms with van der Waals surface area (Å²) in [6.07, 6.45) is 0.0940. The fourth-order valence-electron chi connectivity index (χ4n) is 2.64. The lowest BCUT2D eigenvalue weighted by Crippen LogP contribution is -2.41. The Morgan fingerprint density at radius 3 is 2.33 bits per heavy atom. The van der Waals surface area contributed by atoms with Crippen LogP contribution in [0.15, 0.2) is 53.0 Å². The average Bonchev–Trinajstić information content (AvgIpc) is 2.72. The van der Waals surface area contributed by atoms with E-state index in [1.54, 1.807) is 43.3 Å². The van der Waals surface area contributed by atoms with Crippen LogP contribution < -0.4 is 16.4 Å². The lowest BCUT2D eigenvalue weighted by atomic mass is 10.2. The molecule has 9 heteroatoms. The molecular weight excluding hydrogens is 452 g/mol. The summed E-state index contributed by atoms with van der Waals surface area (Å²) >= 11 is 3.30. The summed E-state index contributed by atoms with van der Waals surface area (Å²) in [5.74, 6) is -1.44. The molecule has 0 aliphatic rings. The molecule has 0 heterocycles. The second-order valence-corrected chi connectivity index (χ2v) is 7.32. The van der Waals surface area contributed by atoms with E-state index >= 15 is 0 Å². The minimum atomic E-state index is -0.544. The van der Waals surface area contributed by atoms with Crippen molar-refractivity contribution in [2.45, 2.75) is 13.3 Å². The van der Waals surface area contributed by atoms with Gasteiger partial charge in [-0.25, -0.2) is 0 Å². The predicted molar refractivity (Wildman–Crippen MR) is 117 cm³/mol. The molecule has 2 rings (SSSR count). The molecule has 4 N–H and O–H groups in total. The molecule has 2 aromatic carbocycles. The van der Waals surface area contributed by atoms with E-state index in [1.807, 2.05) is 0 Å². The molecule has 0 bridgehead atoms. The Kier molecular flexibility index (Phi) is 8.54. The van der Waals surface area contributed by atoms with Gasteiger partial charge in [0.25, 0.3) is 5.91 Å². The largest absolute Gasteiger partial charge is 0.366 e. The van der Waals surface area contributed by atoms with Crippen LogP contribution in [0.3, 0.4) is 0 Å². The van der Waals surface area contributed by atoms with E-state index in [-0.39, 0.29) is 37.2 Å². The molecule has 0 saturated carbocycles. The van der Waals surface area contributed by atoms with E-state index in [0.29, 0.717) is 23.4 Å². The highest BCUT2D eigenvalue weighted by atomic mass is 79.9. The number of rotatable bonds is 9. The zero-order valence-corrected chi connectivity index (χ0v) is 18.1. The number of nitrogens with zero attached hydrogens (tertiary/aromatic N) is 1. The van der Waals surface area contributed by atoms with Crippen molar-refractivity contribution in [3.8, 4) is 0 Å². The van der Waals surface area contributed by atoms with Gasteiger partial charge in [-0.05, 0) is 49.4 Å². The van der Waals surface area contributed by atoms with Gasteiger partial charge in [0.15, 0.2) is 0 Å². The number of halogens is 1. The number of anilines is 1. The number of hydrogen-bond donors (Lipinski definition) is 3. The highest BCUT2D eigenvalue weighted by Crippen LogP contribution is 2.12. The van der Waals surface area contributed by atoms with E-state index in [0.717, 1.165) is 4.47 Å². The van der Waals surface area contributed by atoms with E-state index in [1.165, 1.54) is 17.0 Å². The van der Waals surface area contributed by atoms with Crippen molar-refractivity contribution in [3.05, 3.63) is 64.1 Å². The monoisotopic (exact) mass is 474 g/mol. The first-order valence-electron chi connectivity index (χ1n) is 9.31. The van der Waals surface area contributed by atoms with Crippen LogP contribution in [0, 0.1) is 0 Å². The van der Waals surface area contributed by atoms with Gasteiger partial charge in [-0.15, -0.1) is 0 Å². The van der Waals surface area contributed by atoms with Crippen molar-refractivity contribution < 1.29 is 19.2 Å². The van der Waals surface area contributed by atoms with Crippen LogP contribution in [0.2, 0.25) is 0 Å². The minimum Gasteiger partial charge on any atom is -0.366 e. The molecule has 8 nitrogen and oxygen atoms in total. The van der Waals surface area contributed by atoms with Gasteiger partial charge in [-0.3, -0.25) is 19.2 Å². The second kappa shape index (κ2) is 11.1. The van der Waals surface area contributed by atoms with Crippen LogP contribution in [-0.2, 0) is 9.59 Å². The number of primary amides is 1. The summed E-state index contributed by atoms with van der Waals surface area (Å²) in [6, 6.07) is 13.1. The third-order valence-electron chi connectivity index (χ3n) is 4.28. The lowest BCUT2D eigenvalue weighted by molar-refractivity contribution is -0.130. The molecule has 0 saturated heterocycles. The number of carbonyl (C=O) groups excluding carboxylic acids is 4. The van der Waals surface area contributed by atoms with Crippen molar-refractivity contribution in [1.82, 2.24) is 10.2 Å². The number of likely N-dealkylation sites (N-methyl/N-ethyl adjacent to an activating group) is 1. The Morgan fingerprint density at radius 1 is 1.03 bits per heavy atom. The lowest BCUT2D eigenvalue weighted by Gasteiger charge is -2.21. The van der Waals surface area contributed by atoms with Gasteiger partial charge in [-0.1, -0.05) is 22.0 Å². The maximum Gasteiger partial charge on any atom is 0.251 e. The summed E-state index contributed by atoms with van der Waals surface area (Å²) < 4.78 is 0.770. The molecule has 30 heavy (non-hydrogen) atoms. The molecule has 0 aliphatic heterocycles. The number of hydrogen-bond acceptors (Lipinski definition) is 4. The maximum atomic E-state index is 12.4. The third-order valence-corrected chi connectivity index (χ3v) is 4.78. The SMILES string of the molecule is CCN(CCC(=O)Nc1ccc(C(N)=O)cc1)C(=O)CNC(=O)c1cccc(Br)c1. The smallest absolute Gasteiger partial charge is 0.251 e. The van der Waals surface area contributed by atoms with Crippen LogP contribution in [-0.4, -0.2) is 48.2 Å². The minimum absolute atomic E-state index is 0.0940. The van der Waals surface area contributed by atoms with Crippen LogP contribution in [0.4, 0.5) is 5.69 Å². The Morgan fingerprint density at radius 2 is 1.73 bits per heavy atom. The van der Waals surface area contributed by atoms with E-state index < -0.39 is 5.91 Å². The molecule has 0 radical (unpaired) electrons. The van der Waals surface area contributed by atoms with E-state index in [4.69, 9.17) is 5.73 Å². The normalized spacial score (nSPS) is 10.2. The first-order valence-corrected chi connectivity index (χ1v) is 10.1. The number of amides is 4. The molecule has 0 aromatic heterocycles. The van der Waals surface area contributed by atoms with Gasteiger partial charge in [0.1, 0.15) is 0 Å². The van der Waals surface area contributed by atoms with Gasteiger partial charge in [0, 0.05) is 40.8 Å². The first-order chi connectivity index (χ1) is 14.3. The second-order valence-electron chi connectivity index (χ2n) is 6.41. The third kappa shape index (κ3) is 7.00. The Labute approximate surface area is 182 Å². The van der Waals surface area contributed by atoms with Crippen LogP contribution in [0.25, 0.3) is 0 Å². The van der Waals surface area contributed by atoms with Gasteiger partial charge in [0.05, 0.1) is 6.54 Å². The highest BCUT2D eigenvalue weighted by Gasteiger charge is 2.15. The van der Waals surface area contributed by atoms with Gasteiger partial charge in [0.2, 0.25) is 17.7 Å². The van der Waals surface area contributed by atoms with E-state index in [2.05, 4.69) is 26.6 Å². The zero-order chi connectivity index (χ0) is 22.1. The molecule has 158 valence electrons. The molecule has 0 unspecified atom stereocenters. The first kappa shape index (κ1) is 23.1. The fourth-order valence-corrected chi connectivity index (χ4v) is 3.04. The number of benzene rings is 2. The average molecular weight is 475 g/mol. The number of nitrogens with two attached hydrogens (primary N) is 1. The van der Waals surface area contributed by atoms with Crippen molar-refractivity contribution in [2.24, 2.45) is 5.73 Å².